The van der Waals surface area contributed by atoms with Crippen molar-refractivity contribution >= 4 is 37.8 Å². The molecule has 0 saturated heterocycles. The maximum absolute atomic E-state index is 12.3. The van der Waals surface area contributed by atoms with Gasteiger partial charge in [0.1, 0.15) is 0 Å². The minimum absolute atomic E-state index is 0.00942. The number of sulfone groups is 1. The third-order valence-corrected chi connectivity index (χ3v) is 6.28. The molecule has 0 fully saturated rings. The van der Waals surface area contributed by atoms with Gasteiger partial charge in [-0.2, -0.15) is 8.42 Å². The van der Waals surface area contributed by atoms with E-state index in [0.29, 0.717) is 5.69 Å². The third-order valence-electron chi connectivity index (χ3n) is 4.12. The summed E-state index contributed by atoms with van der Waals surface area (Å²) in [5, 5.41) is 12.0. The Hall–Kier alpha value is -3.73. The number of benzene rings is 1. The molecule has 16 heteroatoms. The lowest BCUT2D eigenvalue weighted by Crippen LogP contribution is -2.34. The number of aromatic carboxylic acids is 1. The van der Waals surface area contributed by atoms with E-state index in [-0.39, 0.29) is 28.4 Å². The highest BCUT2D eigenvalue weighted by Gasteiger charge is 2.20. The first-order chi connectivity index (χ1) is 16.0. The minimum Gasteiger partial charge on any atom is -0.478 e. The summed E-state index contributed by atoms with van der Waals surface area (Å²) in [4.78, 5) is 23.5. The third kappa shape index (κ3) is 6.64. The smallest absolute Gasteiger partial charge is 0.446 e. The van der Waals surface area contributed by atoms with E-state index in [2.05, 4.69) is 24.5 Å². The van der Waals surface area contributed by atoms with E-state index in [9.17, 15) is 26.7 Å². The molecule has 3 rings (SSSR count). The minimum atomic E-state index is -4.74. The first-order valence-corrected chi connectivity index (χ1v) is 12.3. The molecule has 14 nitrogen and oxygen atoms in total. The predicted molar refractivity (Wildman–Crippen MR) is 114 cm³/mol. The SMILES string of the molecule is COc1nc(Nc2ccc(S(=O)(=O)CCOS(=O)(=O)O)cc2)nc(-[n+]2cccc(C(=O)O)c2)n1. The van der Waals surface area contributed by atoms with Crippen molar-refractivity contribution in [2.24, 2.45) is 0 Å². The normalized spacial score (nSPS) is 11.7. The highest BCUT2D eigenvalue weighted by Crippen LogP contribution is 2.19. The van der Waals surface area contributed by atoms with Gasteiger partial charge in [0.15, 0.2) is 9.84 Å². The molecule has 0 aliphatic heterocycles. The van der Waals surface area contributed by atoms with Crippen LogP contribution in [0.15, 0.2) is 53.7 Å². The van der Waals surface area contributed by atoms with Crippen LogP contribution in [0, 0.1) is 0 Å². The maximum Gasteiger partial charge on any atom is 0.446 e. The lowest BCUT2D eigenvalue weighted by Gasteiger charge is -2.07. The van der Waals surface area contributed by atoms with E-state index >= 15 is 0 Å². The predicted octanol–water partition coefficient (Wildman–Crippen LogP) is 0.192. The zero-order valence-electron chi connectivity index (χ0n) is 17.4. The van der Waals surface area contributed by atoms with Crippen molar-refractivity contribution in [1.29, 1.82) is 0 Å². The second kappa shape index (κ2) is 10.0. The lowest BCUT2D eigenvalue weighted by atomic mass is 10.3. The molecule has 0 unspecified atom stereocenters. The summed E-state index contributed by atoms with van der Waals surface area (Å²) in [5.74, 6) is -1.70. The average Bonchev–Trinajstić information content (AvgIpc) is 2.78. The molecule has 0 spiro atoms. The molecular formula is C18H18N5O9S2+. The Kier molecular flexibility index (Phi) is 7.35. The molecule has 2 heterocycles. The number of carbonyl (C=O) groups is 1. The number of pyridine rings is 1. The molecule has 0 aliphatic rings. The van der Waals surface area contributed by atoms with Gasteiger partial charge in [-0.15, -0.1) is 4.98 Å². The van der Waals surface area contributed by atoms with Gasteiger partial charge in [-0.25, -0.2) is 22.0 Å². The molecule has 180 valence electrons. The van der Waals surface area contributed by atoms with Crippen molar-refractivity contribution in [1.82, 2.24) is 15.0 Å². The van der Waals surface area contributed by atoms with E-state index in [1.807, 2.05) is 0 Å². The van der Waals surface area contributed by atoms with Gasteiger partial charge in [0, 0.05) is 5.69 Å². The summed E-state index contributed by atoms with van der Waals surface area (Å²) in [6.07, 6.45) is 2.85. The summed E-state index contributed by atoms with van der Waals surface area (Å²) < 4.78 is 64.7. The topological polar surface area (TPSA) is 199 Å². The molecule has 0 radical (unpaired) electrons. The molecular weight excluding hydrogens is 494 g/mol. The number of hydrogen-bond acceptors (Lipinski definition) is 11. The molecule has 1 aromatic carbocycles. The first kappa shape index (κ1) is 24.9. The Morgan fingerprint density at radius 1 is 1.09 bits per heavy atom. The highest BCUT2D eigenvalue weighted by molar-refractivity contribution is 7.91. The van der Waals surface area contributed by atoms with Crippen molar-refractivity contribution in [2.45, 2.75) is 4.90 Å². The van der Waals surface area contributed by atoms with Crippen LogP contribution in [0.3, 0.4) is 0 Å². The van der Waals surface area contributed by atoms with Crippen LogP contribution in [0.4, 0.5) is 11.6 Å². The fourth-order valence-corrected chi connectivity index (χ4v) is 4.07. The standard InChI is InChI=1S/C18H17N5O9S2/c1-31-18-21-16(20-17(22-18)23-8-2-3-12(11-23)15(24)25)19-13-4-6-14(7-5-13)33(26,27)10-9-32-34(28,29)30/h2-8,11H,9-10H2,1H3,(H2-,19,20,21,22,24,25,28,29,30)/p+1. The number of nitrogens with one attached hydrogen (secondary N) is 1. The molecule has 0 aliphatic carbocycles. The number of hydrogen-bond donors (Lipinski definition) is 3. The van der Waals surface area contributed by atoms with Crippen LogP contribution in [0.1, 0.15) is 10.4 Å². The first-order valence-electron chi connectivity index (χ1n) is 9.23. The number of methoxy groups -OCH3 is 1. The Bertz CT molecular complexity index is 1410. The fourth-order valence-electron chi connectivity index (χ4n) is 2.58. The Morgan fingerprint density at radius 3 is 2.41 bits per heavy atom. The maximum atomic E-state index is 12.3. The fraction of sp³-hybridized carbons (Fsp3) is 0.167. The number of ether oxygens (including phenoxy) is 1. The number of aromatic nitrogens is 4. The number of carboxylic acid groups (broad SMARTS) is 1. The van der Waals surface area contributed by atoms with Crippen molar-refractivity contribution in [3.8, 4) is 12.0 Å². The molecule has 0 atom stereocenters. The van der Waals surface area contributed by atoms with Crippen molar-refractivity contribution in [3.05, 3.63) is 54.4 Å². The van der Waals surface area contributed by atoms with Crippen LogP contribution in [0.25, 0.3) is 5.95 Å². The monoisotopic (exact) mass is 512 g/mol. The van der Waals surface area contributed by atoms with Gasteiger partial charge < -0.3 is 15.2 Å². The van der Waals surface area contributed by atoms with E-state index in [1.165, 1.54) is 60.5 Å². The second-order valence-electron chi connectivity index (χ2n) is 6.47. The summed E-state index contributed by atoms with van der Waals surface area (Å²) in [5.41, 5.74) is 0.409. The van der Waals surface area contributed by atoms with Gasteiger partial charge in [0.25, 0.3) is 0 Å². The van der Waals surface area contributed by atoms with E-state index in [0.717, 1.165) is 0 Å². The quantitative estimate of drug-likeness (QED) is 0.246. The van der Waals surface area contributed by atoms with Crippen LogP contribution >= 0.6 is 0 Å². The van der Waals surface area contributed by atoms with Crippen molar-refractivity contribution < 1.29 is 44.8 Å². The zero-order chi connectivity index (χ0) is 24.9. The lowest BCUT2D eigenvalue weighted by molar-refractivity contribution is -0.603. The second-order valence-corrected chi connectivity index (χ2v) is 9.67. The van der Waals surface area contributed by atoms with Gasteiger partial charge >= 0.3 is 34.3 Å². The molecule has 0 amide bonds. The largest absolute Gasteiger partial charge is 0.478 e. The highest BCUT2D eigenvalue weighted by atomic mass is 32.3. The van der Waals surface area contributed by atoms with Crippen molar-refractivity contribution in [3.63, 3.8) is 0 Å². The summed E-state index contributed by atoms with van der Waals surface area (Å²) >= 11 is 0. The van der Waals surface area contributed by atoms with Gasteiger partial charge in [-0.05, 0) is 46.4 Å². The zero-order valence-corrected chi connectivity index (χ0v) is 19.0. The average molecular weight is 513 g/mol. The van der Waals surface area contributed by atoms with E-state index < -0.39 is 38.6 Å². The number of nitrogens with zero attached hydrogens (tertiary/aromatic N) is 4. The number of rotatable bonds is 10. The number of anilines is 2. The van der Waals surface area contributed by atoms with Gasteiger partial charge in [-0.3, -0.25) is 4.55 Å². The molecule has 34 heavy (non-hydrogen) atoms. The summed E-state index contributed by atoms with van der Waals surface area (Å²) in [7, 11) is -7.28. The molecule has 3 aromatic rings. The van der Waals surface area contributed by atoms with Crippen molar-refractivity contribution in [2.75, 3.05) is 24.8 Å². The Morgan fingerprint density at radius 2 is 1.79 bits per heavy atom. The van der Waals surface area contributed by atoms with Crippen LogP contribution in [-0.2, 0) is 24.4 Å². The molecule has 2 aromatic heterocycles. The van der Waals surface area contributed by atoms with Crippen LogP contribution in [0.5, 0.6) is 6.01 Å². The number of carboxylic acids is 1. The van der Waals surface area contributed by atoms with E-state index in [4.69, 9.17) is 9.29 Å². The summed E-state index contributed by atoms with van der Waals surface area (Å²) in [6.45, 7) is -0.741. The van der Waals surface area contributed by atoms with Crippen LogP contribution in [-0.4, -0.2) is 66.9 Å². The molecule has 0 bridgehead atoms. The summed E-state index contributed by atoms with van der Waals surface area (Å²) in [6, 6.07) is 8.24. The van der Waals surface area contributed by atoms with Gasteiger partial charge in [0.05, 0.1) is 42.3 Å². The molecule has 0 saturated carbocycles. The van der Waals surface area contributed by atoms with Crippen LogP contribution < -0.4 is 14.6 Å². The van der Waals surface area contributed by atoms with Crippen LogP contribution in [0.2, 0.25) is 0 Å². The van der Waals surface area contributed by atoms with E-state index in [1.54, 1.807) is 0 Å². The van der Waals surface area contributed by atoms with Gasteiger partial charge in [-0.1, -0.05) is 0 Å². The Labute approximate surface area is 193 Å². The molecule has 3 N–H and O–H groups in total. The van der Waals surface area contributed by atoms with Gasteiger partial charge in [0.2, 0.25) is 0 Å². The Balaban J connectivity index is 1.81.